The highest BCUT2D eigenvalue weighted by Gasteiger charge is 2.12. The summed E-state index contributed by atoms with van der Waals surface area (Å²) < 4.78 is 2.34. The Kier molecular flexibility index (Phi) is 3.70. The minimum atomic E-state index is -0.687. The zero-order valence-corrected chi connectivity index (χ0v) is 11.7. The van der Waals surface area contributed by atoms with E-state index in [4.69, 9.17) is 0 Å². The Morgan fingerprint density at radius 2 is 1.80 bits per heavy atom. The van der Waals surface area contributed by atoms with E-state index in [0.717, 1.165) is 15.7 Å². The van der Waals surface area contributed by atoms with Crippen LogP contribution in [0.2, 0.25) is 0 Å². The highest BCUT2D eigenvalue weighted by Crippen LogP contribution is 2.11. The Morgan fingerprint density at radius 3 is 2.45 bits per heavy atom. The van der Waals surface area contributed by atoms with Gasteiger partial charge in [0.05, 0.1) is 6.54 Å². The lowest BCUT2D eigenvalue weighted by Crippen LogP contribution is -2.40. The molecule has 0 N–H and O–H groups in total. The van der Waals surface area contributed by atoms with Gasteiger partial charge in [-0.1, -0.05) is 23.8 Å². The summed E-state index contributed by atoms with van der Waals surface area (Å²) in [4.78, 5) is 35.5. The van der Waals surface area contributed by atoms with Crippen LogP contribution < -0.4 is 11.1 Å². The molecule has 104 valence electrons. The van der Waals surface area contributed by atoms with Gasteiger partial charge in [-0.15, -0.1) is 0 Å². The predicted octanol–water partition coefficient (Wildman–Crippen LogP) is 1.05. The normalized spacial score (nSPS) is 10.6. The molecule has 0 aliphatic rings. The fourth-order valence-corrected chi connectivity index (χ4v) is 2.08. The average molecular weight is 272 g/mol. The van der Waals surface area contributed by atoms with Crippen molar-refractivity contribution in [1.29, 1.82) is 0 Å². The number of carbonyl (C=O) groups excluding carboxylic acids is 1. The summed E-state index contributed by atoms with van der Waals surface area (Å²) in [5, 5.41) is 0. The van der Waals surface area contributed by atoms with Gasteiger partial charge in [0.2, 0.25) is 0 Å². The first-order valence-electron chi connectivity index (χ1n) is 6.26. The smallest absolute Gasteiger partial charge is 0.312 e. The molecule has 0 aliphatic heterocycles. The van der Waals surface area contributed by atoms with E-state index in [1.165, 1.54) is 24.0 Å². The van der Waals surface area contributed by atoms with Gasteiger partial charge in [0.25, 0.3) is 0 Å². The highest BCUT2D eigenvalue weighted by molar-refractivity contribution is 5.97. The van der Waals surface area contributed by atoms with Crippen LogP contribution in [-0.2, 0) is 13.6 Å². The van der Waals surface area contributed by atoms with Crippen LogP contribution in [0.1, 0.15) is 21.5 Å². The largest absolute Gasteiger partial charge is 0.316 e. The first-order chi connectivity index (χ1) is 9.40. The number of hydrogen-bond donors (Lipinski definition) is 0. The number of Topliss-reactive ketones (excluding diaryl/α,β-unsaturated/α-hetero) is 1. The maximum Gasteiger partial charge on any atom is 0.316 e. The third-order valence-corrected chi connectivity index (χ3v) is 3.23. The molecular weight excluding hydrogens is 256 g/mol. The number of aryl methyl sites for hydroxylation is 3. The molecule has 0 fully saturated rings. The summed E-state index contributed by atoms with van der Waals surface area (Å²) in [7, 11) is 1.50. The van der Waals surface area contributed by atoms with Gasteiger partial charge in [-0.25, -0.2) is 0 Å². The van der Waals surface area contributed by atoms with Crippen LogP contribution in [0.4, 0.5) is 0 Å². The second-order valence-corrected chi connectivity index (χ2v) is 4.89. The van der Waals surface area contributed by atoms with Gasteiger partial charge in [-0.2, -0.15) is 0 Å². The third kappa shape index (κ3) is 2.61. The summed E-state index contributed by atoms with van der Waals surface area (Å²) in [6.07, 6.45) is 2.92. The SMILES string of the molecule is Cc1ccc(C(=O)Cn2ccn(C)c(=O)c2=O)c(C)c1. The number of ketones is 1. The van der Waals surface area contributed by atoms with Crippen molar-refractivity contribution >= 4 is 5.78 Å². The van der Waals surface area contributed by atoms with Crippen molar-refractivity contribution in [3.8, 4) is 0 Å². The molecule has 0 amide bonds. The number of carbonyl (C=O) groups is 1. The molecule has 5 heteroatoms. The van der Waals surface area contributed by atoms with Gasteiger partial charge < -0.3 is 9.13 Å². The molecule has 0 unspecified atom stereocenters. The number of benzene rings is 1. The van der Waals surface area contributed by atoms with Crippen LogP contribution in [0.5, 0.6) is 0 Å². The Hall–Kier alpha value is -2.43. The molecule has 0 saturated heterocycles. The van der Waals surface area contributed by atoms with E-state index in [0.29, 0.717) is 5.56 Å². The third-order valence-electron chi connectivity index (χ3n) is 3.23. The molecule has 1 heterocycles. The molecule has 0 aliphatic carbocycles. The Bertz CT molecular complexity index is 784. The average Bonchev–Trinajstić information content (AvgIpc) is 2.39. The molecular formula is C15H16N2O3. The van der Waals surface area contributed by atoms with Crippen LogP contribution in [-0.4, -0.2) is 14.9 Å². The Morgan fingerprint density at radius 1 is 1.10 bits per heavy atom. The summed E-state index contributed by atoms with van der Waals surface area (Å²) in [5.74, 6) is -0.183. The highest BCUT2D eigenvalue weighted by atomic mass is 16.2. The van der Waals surface area contributed by atoms with Gasteiger partial charge in [-0.3, -0.25) is 14.4 Å². The molecule has 1 aromatic heterocycles. The van der Waals surface area contributed by atoms with E-state index in [-0.39, 0.29) is 12.3 Å². The van der Waals surface area contributed by atoms with Crippen LogP contribution in [0, 0.1) is 13.8 Å². The number of nitrogens with zero attached hydrogens (tertiary/aromatic N) is 2. The molecule has 0 atom stereocenters. The molecule has 2 rings (SSSR count). The second kappa shape index (κ2) is 5.28. The lowest BCUT2D eigenvalue weighted by atomic mass is 10.0. The molecule has 1 aromatic carbocycles. The van der Waals surface area contributed by atoms with Gasteiger partial charge >= 0.3 is 11.1 Å². The summed E-state index contributed by atoms with van der Waals surface area (Å²) in [5.41, 5.74) is 1.19. The summed E-state index contributed by atoms with van der Waals surface area (Å²) >= 11 is 0. The lowest BCUT2D eigenvalue weighted by Gasteiger charge is -2.08. The van der Waals surface area contributed by atoms with Crippen LogP contribution >= 0.6 is 0 Å². The van der Waals surface area contributed by atoms with Gasteiger partial charge in [0.15, 0.2) is 5.78 Å². The summed E-state index contributed by atoms with van der Waals surface area (Å²) in [6, 6.07) is 5.52. The van der Waals surface area contributed by atoms with E-state index in [2.05, 4.69) is 0 Å². The Labute approximate surface area is 116 Å². The zero-order valence-electron chi connectivity index (χ0n) is 11.7. The maximum absolute atomic E-state index is 12.2. The number of hydrogen-bond acceptors (Lipinski definition) is 3. The molecule has 2 aromatic rings. The lowest BCUT2D eigenvalue weighted by molar-refractivity contribution is 0.0970. The number of rotatable bonds is 3. The predicted molar refractivity (Wildman–Crippen MR) is 76.2 cm³/mol. The molecule has 20 heavy (non-hydrogen) atoms. The van der Waals surface area contributed by atoms with Crippen molar-refractivity contribution < 1.29 is 4.79 Å². The van der Waals surface area contributed by atoms with Gasteiger partial charge in [0, 0.05) is 25.0 Å². The zero-order chi connectivity index (χ0) is 14.9. The van der Waals surface area contributed by atoms with E-state index in [9.17, 15) is 14.4 Å². The number of aromatic nitrogens is 2. The minimum absolute atomic E-state index is 0.126. The van der Waals surface area contributed by atoms with Gasteiger partial charge in [-0.05, 0) is 19.4 Å². The molecule has 0 spiro atoms. The fraction of sp³-hybridized carbons (Fsp3) is 0.267. The van der Waals surface area contributed by atoms with E-state index >= 15 is 0 Å². The van der Waals surface area contributed by atoms with Crippen molar-refractivity contribution in [2.75, 3.05) is 0 Å². The quantitative estimate of drug-likeness (QED) is 0.619. The first-order valence-corrected chi connectivity index (χ1v) is 6.26. The fourth-order valence-electron chi connectivity index (χ4n) is 2.08. The van der Waals surface area contributed by atoms with Crippen LogP contribution in [0.25, 0.3) is 0 Å². The first kappa shape index (κ1) is 14.0. The monoisotopic (exact) mass is 272 g/mol. The second-order valence-electron chi connectivity index (χ2n) is 4.89. The summed E-state index contributed by atoms with van der Waals surface area (Å²) in [6.45, 7) is 3.68. The van der Waals surface area contributed by atoms with E-state index < -0.39 is 11.1 Å². The van der Waals surface area contributed by atoms with Gasteiger partial charge in [0.1, 0.15) is 0 Å². The van der Waals surface area contributed by atoms with E-state index in [1.54, 1.807) is 6.07 Å². The van der Waals surface area contributed by atoms with Crippen LogP contribution in [0.15, 0.2) is 40.2 Å². The topological polar surface area (TPSA) is 61.1 Å². The van der Waals surface area contributed by atoms with Crippen molar-refractivity contribution in [1.82, 2.24) is 9.13 Å². The van der Waals surface area contributed by atoms with E-state index in [1.807, 2.05) is 26.0 Å². The minimum Gasteiger partial charge on any atom is -0.312 e. The molecule has 0 bridgehead atoms. The molecule has 5 nitrogen and oxygen atoms in total. The molecule has 0 radical (unpaired) electrons. The van der Waals surface area contributed by atoms with Crippen molar-refractivity contribution in [2.45, 2.75) is 20.4 Å². The van der Waals surface area contributed by atoms with Crippen molar-refractivity contribution in [3.63, 3.8) is 0 Å². The van der Waals surface area contributed by atoms with Crippen LogP contribution in [0.3, 0.4) is 0 Å². The standard InChI is InChI=1S/C15H16N2O3/c1-10-4-5-12(11(2)8-10)13(18)9-17-7-6-16(3)14(19)15(17)20/h4-8H,9H2,1-3H3. The maximum atomic E-state index is 12.2. The Balaban J connectivity index is 2.35. The van der Waals surface area contributed by atoms with Crippen molar-refractivity contribution in [2.24, 2.45) is 7.05 Å². The molecule has 0 saturated carbocycles. The van der Waals surface area contributed by atoms with Crippen molar-refractivity contribution in [3.05, 3.63) is 68.0 Å².